The van der Waals surface area contributed by atoms with E-state index in [1.165, 1.54) is 19.3 Å². The van der Waals surface area contributed by atoms with E-state index in [1.807, 2.05) is 30.3 Å². The fraction of sp³-hybridized carbons (Fsp3) is 0.393. The Morgan fingerprint density at radius 2 is 1.84 bits per heavy atom. The molecular formula is C28H34N6O3S. The van der Waals surface area contributed by atoms with Crippen molar-refractivity contribution in [3.05, 3.63) is 72.1 Å². The van der Waals surface area contributed by atoms with Crippen molar-refractivity contribution >= 4 is 32.8 Å². The number of aromatic amines is 1. The molecule has 5 rings (SSSR count). The van der Waals surface area contributed by atoms with Crippen LogP contribution in [0.3, 0.4) is 0 Å². The van der Waals surface area contributed by atoms with Crippen LogP contribution in [0.1, 0.15) is 51.0 Å². The standard InChI is InChI=1S/C28H34N6O3S/c35-38(36,31-16-8-14-21-9-3-1-4-10-21)19-23-13-7-15-24(17-23)32-28-33-26-25(29-20-30-26)27(34-28)37-18-22-11-5-2-6-12-22/h1,3-4,7,9-10,13,15,17,20,22,31H,2,5-6,8,11-12,14,16,18-19H2,(H2,29,30,32,33,34)/i19D. The largest absolute Gasteiger partial charge is 0.476 e. The molecule has 0 saturated heterocycles. The van der Waals surface area contributed by atoms with Crippen LogP contribution >= 0.6 is 0 Å². The monoisotopic (exact) mass is 535 g/mol. The van der Waals surface area contributed by atoms with Crippen molar-refractivity contribution in [2.24, 2.45) is 5.92 Å². The van der Waals surface area contributed by atoms with E-state index in [1.54, 1.807) is 30.6 Å². The van der Waals surface area contributed by atoms with E-state index in [0.717, 1.165) is 24.8 Å². The van der Waals surface area contributed by atoms with E-state index in [9.17, 15) is 8.42 Å². The highest BCUT2D eigenvalue weighted by Gasteiger charge is 2.17. The molecule has 0 spiro atoms. The molecule has 200 valence electrons. The number of aromatic nitrogens is 4. The van der Waals surface area contributed by atoms with Crippen LogP contribution in [0.5, 0.6) is 5.88 Å². The van der Waals surface area contributed by atoms with Crippen molar-refractivity contribution in [1.82, 2.24) is 24.7 Å². The highest BCUT2D eigenvalue weighted by Crippen LogP contribution is 2.27. The number of nitrogens with zero attached hydrogens (tertiary/aromatic N) is 3. The lowest BCUT2D eigenvalue weighted by Crippen LogP contribution is -2.26. The lowest BCUT2D eigenvalue weighted by molar-refractivity contribution is 0.205. The first-order valence-corrected chi connectivity index (χ1v) is 14.7. The van der Waals surface area contributed by atoms with Crippen molar-refractivity contribution in [1.29, 1.82) is 0 Å². The minimum absolute atomic E-state index is 0.270. The molecule has 3 N–H and O–H groups in total. The topological polar surface area (TPSA) is 122 Å². The molecule has 4 aromatic rings. The second-order valence-corrected chi connectivity index (χ2v) is 11.3. The number of fused-ring (bicyclic) bond motifs is 1. The summed E-state index contributed by atoms with van der Waals surface area (Å²) in [6.07, 6.45) is 9.04. The van der Waals surface area contributed by atoms with Gasteiger partial charge in [-0.3, -0.25) is 0 Å². The number of rotatable bonds is 12. The molecule has 1 aliphatic carbocycles. The Labute approximate surface area is 224 Å². The number of H-pyrrole nitrogens is 1. The van der Waals surface area contributed by atoms with Gasteiger partial charge < -0.3 is 15.0 Å². The molecule has 2 aromatic carbocycles. The van der Waals surface area contributed by atoms with Gasteiger partial charge in [-0.2, -0.15) is 9.97 Å². The van der Waals surface area contributed by atoms with Gasteiger partial charge >= 0.3 is 0 Å². The van der Waals surface area contributed by atoms with E-state index in [2.05, 4.69) is 30.0 Å². The third-order valence-electron chi connectivity index (χ3n) is 6.66. The molecule has 1 fully saturated rings. The predicted molar refractivity (Wildman–Crippen MR) is 149 cm³/mol. The third kappa shape index (κ3) is 7.29. The molecule has 10 heteroatoms. The van der Waals surface area contributed by atoms with Crippen LogP contribution in [-0.4, -0.2) is 41.5 Å². The van der Waals surface area contributed by atoms with Gasteiger partial charge in [-0.15, -0.1) is 0 Å². The average molecular weight is 536 g/mol. The molecule has 2 heterocycles. The Kier molecular flexibility index (Phi) is 8.07. The van der Waals surface area contributed by atoms with E-state index in [-0.39, 0.29) is 12.5 Å². The maximum atomic E-state index is 12.8. The molecule has 0 aliphatic heterocycles. The van der Waals surface area contributed by atoms with Gasteiger partial charge in [-0.05, 0) is 54.9 Å². The number of benzene rings is 2. The molecule has 1 aliphatic rings. The highest BCUT2D eigenvalue weighted by atomic mass is 32.2. The van der Waals surface area contributed by atoms with Crippen LogP contribution in [-0.2, 0) is 22.2 Å². The Morgan fingerprint density at radius 3 is 2.68 bits per heavy atom. The molecule has 1 saturated carbocycles. The Morgan fingerprint density at radius 1 is 1.03 bits per heavy atom. The SMILES string of the molecule is [2H]C(c1cccc(Nc2nc(OCC3CCCCC3)c3[nH]cnc3n2)c1)S(=O)(=O)NCCCc1ccccc1. The molecule has 38 heavy (non-hydrogen) atoms. The van der Waals surface area contributed by atoms with E-state index in [4.69, 9.17) is 6.11 Å². The second kappa shape index (κ2) is 12.4. The number of ether oxygens (including phenoxy) is 1. The fourth-order valence-electron chi connectivity index (χ4n) is 4.71. The van der Waals surface area contributed by atoms with Gasteiger partial charge in [0, 0.05) is 13.6 Å². The Balaban J connectivity index is 1.23. The number of anilines is 2. The first kappa shape index (κ1) is 24.8. The van der Waals surface area contributed by atoms with Crippen molar-refractivity contribution in [2.75, 3.05) is 18.5 Å². The van der Waals surface area contributed by atoms with Gasteiger partial charge in [-0.25, -0.2) is 18.1 Å². The van der Waals surface area contributed by atoms with Crippen LogP contribution in [0.4, 0.5) is 11.6 Å². The zero-order valence-electron chi connectivity index (χ0n) is 22.3. The summed E-state index contributed by atoms with van der Waals surface area (Å²) in [7, 11) is -3.88. The summed E-state index contributed by atoms with van der Waals surface area (Å²) in [5, 5.41) is 3.13. The normalized spacial score (nSPS) is 15.7. The zero-order chi connectivity index (χ0) is 27.1. The summed E-state index contributed by atoms with van der Waals surface area (Å²) in [5.74, 6) is 1.24. The maximum Gasteiger partial charge on any atom is 0.245 e. The predicted octanol–water partition coefficient (Wildman–Crippen LogP) is 5.11. The maximum absolute atomic E-state index is 12.8. The van der Waals surface area contributed by atoms with Gasteiger partial charge in [0.1, 0.15) is 5.52 Å². The molecule has 0 radical (unpaired) electrons. The summed E-state index contributed by atoms with van der Waals surface area (Å²) in [5.41, 5.74) is 1.70. The number of hydrogen-bond donors (Lipinski definition) is 3. The van der Waals surface area contributed by atoms with Crippen molar-refractivity contribution in [2.45, 2.75) is 50.7 Å². The lowest BCUT2D eigenvalue weighted by Gasteiger charge is -2.21. The summed E-state index contributed by atoms with van der Waals surface area (Å²) in [6.45, 7) is 0.864. The van der Waals surface area contributed by atoms with Crippen LogP contribution in [0.15, 0.2) is 60.9 Å². The van der Waals surface area contributed by atoms with Crippen molar-refractivity contribution in [3.8, 4) is 5.88 Å². The molecule has 1 unspecified atom stereocenters. The van der Waals surface area contributed by atoms with Crippen LogP contribution < -0.4 is 14.8 Å². The Hall–Kier alpha value is -3.50. The molecule has 1 atom stereocenters. The highest BCUT2D eigenvalue weighted by molar-refractivity contribution is 7.88. The fourth-order valence-corrected chi connectivity index (χ4v) is 5.73. The first-order valence-electron chi connectivity index (χ1n) is 13.7. The molecule has 9 nitrogen and oxygen atoms in total. The average Bonchev–Trinajstić information content (AvgIpc) is 3.44. The minimum atomic E-state index is -3.88. The van der Waals surface area contributed by atoms with Gasteiger partial charge in [0.2, 0.25) is 21.9 Å². The Bertz CT molecular complexity index is 1480. The summed E-state index contributed by atoms with van der Waals surface area (Å²) in [4.78, 5) is 16.3. The zero-order valence-corrected chi connectivity index (χ0v) is 22.1. The molecule has 0 amide bonds. The summed E-state index contributed by atoms with van der Waals surface area (Å²) in [6, 6.07) is 16.6. The number of sulfonamides is 1. The van der Waals surface area contributed by atoms with E-state index < -0.39 is 15.8 Å². The second-order valence-electron chi connectivity index (χ2n) is 9.67. The van der Waals surface area contributed by atoms with Gasteiger partial charge in [0.15, 0.2) is 5.65 Å². The summed E-state index contributed by atoms with van der Waals surface area (Å²) < 4.78 is 42.7. The van der Waals surface area contributed by atoms with Crippen molar-refractivity contribution < 1.29 is 14.5 Å². The van der Waals surface area contributed by atoms with Crippen LogP contribution in [0.25, 0.3) is 11.2 Å². The number of imidazole rings is 1. The van der Waals surface area contributed by atoms with E-state index >= 15 is 0 Å². The molecular weight excluding hydrogens is 500 g/mol. The van der Waals surface area contributed by atoms with Crippen molar-refractivity contribution in [3.63, 3.8) is 0 Å². The number of hydrogen-bond acceptors (Lipinski definition) is 7. The number of nitrogens with one attached hydrogen (secondary N) is 3. The molecule has 2 aromatic heterocycles. The van der Waals surface area contributed by atoms with Gasteiger partial charge in [0.05, 0.1) is 18.7 Å². The third-order valence-corrected chi connectivity index (χ3v) is 7.84. The molecule has 0 bridgehead atoms. The first-order chi connectivity index (χ1) is 19.0. The number of aryl methyl sites for hydroxylation is 1. The van der Waals surface area contributed by atoms with Crippen LogP contribution in [0, 0.1) is 5.92 Å². The van der Waals surface area contributed by atoms with E-state index in [0.29, 0.717) is 47.2 Å². The lowest BCUT2D eigenvalue weighted by atomic mass is 9.90. The quantitative estimate of drug-likeness (QED) is 0.216. The van der Waals surface area contributed by atoms with Crippen LogP contribution in [0.2, 0.25) is 0 Å². The smallest absolute Gasteiger partial charge is 0.245 e. The minimum Gasteiger partial charge on any atom is -0.476 e. The van der Waals surface area contributed by atoms with Gasteiger partial charge in [0.25, 0.3) is 0 Å². The summed E-state index contributed by atoms with van der Waals surface area (Å²) >= 11 is 0. The van der Waals surface area contributed by atoms with Gasteiger partial charge in [-0.1, -0.05) is 61.7 Å².